The third-order valence-electron chi connectivity index (χ3n) is 4.63. The van der Waals surface area contributed by atoms with Crippen LogP contribution in [0.15, 0.2) is 77.1 Å². The van der Waals surface area contributed by atoms with E-state index in [1.807, 2.05) is 65.2 Å². The van der Waals surface area contributed by atoms with Gasteiger partial charge in [0.1, 0.15) is 0 Å². The van der Waals surface area contributed by atoms with E-state index in [2.05, 4.69) is 25.7 Å². The lowest BCUT2D eigenvalue weighted by atomic mass is 10.2. The first-order valence-electron chi connectivity index (χ1n) is 9.77. The second kappa shape index (κ2) is 8.98. The molecule has 0 saturated carbocycles. The number of thioether (sulfide) groups is 1. The molecule has 32 heavy (non-hydrogen) atoms. The number of benzene rings is 2. The van der Waals surface area contributed by atoms with Crippen molar-refractivity contribution in [3.63, 3.8) is 0 Å². The van der Waals surface area contributed by atoms with Crippen LogP contribution in [-0.4, -0.2) is 44.4 Å². The van der Waals surface area contributed by atoms with Crippen LogP contribution >= 0.6 is 11.8 Å². The molecule has 3 heterocycles. The Labute approximate surface area is 187 Å². The Morgan fingerprint density at radius 2 is 2.00 bits per heavy atom. The number of fused-ring (bicyclic) bond motifs is 1. The van der Waals surface area contributed by atoms with Crippen molar-refractivity contribution < 1.29 is 14.3 Å². The molecule has 4 aromatic rings. The molecule has 1 amide bonds. The third-order valence-corrected chi connectivity index (χ3v) is 5.55. The van der Waals surface area contributed by atoms with Crippen LogP contribution in [0.5, 0.6) is 11.5 Å². The van der Waals surface area contributed by atoms with Gasteiger partial charge in [-0.1, -0.05) is 30.0 Å². The molecule has 0 atom stereocenters. The molecule has 0 spiro atoms. The maximum atomic E-state index is 12.3. The largest absolute Gasteiger partial charge is 0.454 e. The Bertz CT molecular complexity index is 1250. The number of para-hydroxylation sites is 1. The number of carbonyl (C=O) groups excluding carboxylic acids is 1. The number of aromatic nitrogens is 4. The van der Waals surface area contributed by atoms with Crippen molar-refractivity contribution in [2.45, 2.75) is 5.16 Å². The summed E-state index contributed by atoms with van der Waals surface area (Å²) in [6.45, 7) is 0.201. The molecule has 0 unspecified atom stereocenters. The Balaban J connectivity index is 1.37. The van der Waals surface area contributed by atoms with Crippen LogP contribution in [0.4, 0.5) is 0 Å². The zero-order valence-electron chi connectivity index (χ0n) is 16.8. The quantitative estimate of drug-likeness (QED) is 0.256. The van der Waals surface area contributed by atoms with E-state index >= 15 is 0 Å². The van der Waals surface area contributed by atoms with Gasteiger partial charge in [-0.05, 0) is 42.5 Å². The summed E-state index contributed by atoms with van der Waals surface area (Å²) in [5.74, 6) is 1.89. The van der Waals surface area contributed by atoms with Crippen LogP contribution in [0.1, 0.15) is 5.69 Å². The number of H-pyrrole nitrogens is 1. The average molecular weight is 446 g/mol. The number of ether oxygens (including phenoxy) is 2. The normalized spacial score (nSPS) is 12.4. The summed E-state index contributed by atoms with van der Waals surface area (Å²) in [6, 6.07) is 19.1. The van der Waals surface area contributed by atoms with Gasteiger partial charge in [-0.3, -0.25) is 9.36 Å². The van der Waals surface area contributed by atoms with Crippen LogP contribution in [0.25, 0.3) is 17.1 Å². The molecular formula is C22H18N6O3S. The van der Waals surface area contributed by atoms with Gasteiger partial charge >= 0.3 is 0 Å². The predicted molar refractivity (Wildman–Crippen MR) is 120 cm³/mol. The molecule has 2 aromatic carbocycles. The van der Waals surface area contributed by atoms with Crippen LogP contribution < -0.4 is 14.9 Å². The van der Waals surface area contributed by atoms with Crippen LogP contribution in [0.3, 0.4) is 0 Å². The SMILES string of the molecule is O=C(CSc1nnc(-c2ccc3c(c2)OCO3)n1-c1ccccc1)N/N=C/c1ccc[nH]1. The van der Waals surface area contributed by atoms with E-state index in [0.29, 0.717) is 22.5 Å². The summed E-state index contributed by atoms with van der Waals surface area (Å²) in [5, 5.41) is 13.3. The molecule has 10 heteroatoms. The van der Waals surface area contributed by atoms with Crippen LogP contribution in [0, 0.1) is 0 Å². The molecule has 9 nitrogen and oxygen atoms in total. The number of amides is 1. The van der Waals surface area contributed by atoms with Gasteiger partial charge < -0.3 is 14.5 Å². The first-order chi connectivity index (χ1) is 15.8. The number of carbonyl (C=O) groups is 1. The maximum absolute atomic E-state index is 12.3. The van der Waals surface area contributed by atoms with Crippen molar-refractivity contribution in [3.8, 4) is 28.6 Å². The van der Waals surface area contributed by atoms with E-state index in [0.717, 1.165) is 16.9 Å². The number of nitrogens with zero attached hydrogens (tertiary/aromatic N) is 4. The molecule has 2 N–H and O–H groups in total. The number of rotatable bonds is 7. The average Bonchev–Trinajstić information content (AvgIpc) is 3.58. The summed E-state index contributed by atoms with van der Waals surface area (Å²) in [5.41, 5.74) is 5.04. The number of hydrazone groups is 1. The molecule has 160 valence electrons. The van der Waals surface area contributed by atoms with Gasteiger partial charge in [0.05, 0.1) is 17.7 Å². The molecule has 1 aliphatic rings. The lowest BCUT2D eigenvalue weighted by Gasteiger charge is -2.10. The zero-order chi connectivity index (χ0) is 21.8. The molecule has 0 aliphatic carbocycles. The molecule has 0 bridgehead atoms. The lowest BCUT2D eigenvalue weighted by Crippen LogP contribution is -2.20. The summed E-state index contributed by atoms with van der Waals surface area (Å²) >= 11 is 1.28. The van der Waals surface area contributed by atoms with E-state index in [1.54, 1.807) is 12.4 Å². The maximum Gasteiger partial charge on any atom is 0.250 e. The highest BCUT2D eigenvalue weighted by Crippen LogP contribution is 2.36. The molecule has 0 saturated heterocycles. The molecule has 2 aromatic heterocycles. The van der Waals surface area contributed by atoms with Crippen molar-refractivity contribution in [1.29, 1.82) is 0 Å². The van der Waals surface area contributed by atoms with E-state index < -0.39 is 0 Å². The summed E-state index contributed by atoms with van der Waals surface area (Å²) in [7, 11) is 0. The molecule has 0 fully saturated rings. The minimum absolute atomic E-state index is 0.133. The van der Waals surface area contributed by atoms with E-state index in [4.69, 9.17) is 9.47 Å². The van der Waals surface area contributed by atoms with Gasteiger partial charge in [-0.25, -0.2) is 5.43 Å². The zero-order valence-corrected chi connectivity index (χ0v) is 17.6. The van der Waals surface area contributed by atoms with E-state index in [-0.39, 0.29) is 18.5 Å². The summed E-state index contributed by atoms with van der Waals surface area (Å²) in [6.07, 6.45) is 3.33. The van der Waals surface area contributed by atoms with Crippen molar-refractivity contribution in [3.05, 3.63) is 72.6 Å². The van der Waals surface area contributed by atoms with Gasteiger partial charge in [0.2, 0.25) is 6.79 Å². The van der Waals surface area contributed by atoms with Gasteiger partial charge in [-0.15, -0.1) is 10.2 Å². The summed E-state index contributed by atoms with van der Waals surface area (Å²) in [4.78, 5) is 15.2. The Kier molecular flexibility index (Phi) is 5.58. The number of hydrogen-bond donors (Lipinski definition) is 2. The van der Waals surface area contributed by atoms with Crippen molar-refractivity contribution in [2.75, 3.05) is 12.5 Å². The fourth-order valence-corrected chi connectivity index (χ4v) is 3.90. The first kappa shape index (κ1) is 19.9. The minimum Gasteiger partial charge on any atom is -0.454 e. The van der Waals surface area contributed by atoms with Gasteiger partial charge in [0.15, 0.2) is 22.5 Å². The smallest absolute Gasteiger partial charge is 0.250 e. The topological polar surface area (TPSA) is 106 Å². The monoisotopic (exact) mass is 446 g/mol. The molecule has 0 radical (unpaired) electrons. The fraction of sp³-hybridized carbons (Fsp3) is 0.0909. The van der Waals surface area contributed by atoms with E-state index in [1.165, 1.54) is 11.8 Å². The Morgan fingerprint density at radius 3 is 2.84 bits per heavy atom. The molecule has 5 rings (SSSR count). The summed E-state index contributed by atoms with van der Waals surface area (Å²) < 4.78 is 12.8. The van der Waals surface area contributed by atoms with Crippen molar-refractivity contribution >= 4 is 23.9 Å². The standard InChI is InChI=1S/C22H18N6O3S/c29-20(25-24-12-16-5-4-10-23-16)13-32-22-27-26-21(28(22)17-6-2-1-3-7-17)15-8-9-18-19(11-15)31-14-30-18/h1-12,23H,13-14H2,(H,25,29)/b24-12+. The van der Waals surface area contributed by atoms with Crippen molar-refractivity contribution in [1.82, 2.24) is 25.2 Å². The second-order valence-electron chi connectivity index (χ2n) is 6.75. The fourth-order valence-electron chi connectivity index (χ4n) is 3.16. The minimum atomic E-state index is -0.245. The predicted octanol–water partition coefficient (Wildman–Crippen LogP) is 3.23. The highest BCUT2D eigenvalue weighted by atomic mass is 32.2. The Morgan fingerprint density at radius 1 is 1.12 bits per heavy atom. The number of hydrogen-bond acceptors (Lipinski definition) is 7. The van der Waals surface area contributed by atoms with E-state index in [9.17, 15) is 4.79 Å². The molecule has 1 aliphatic heterocycles. The van der Waals surface area contributed by atoms with Crippen molar-refractivity contribution in [2.24, 2.45) is 5.10 Å². The lowest BCUT2D eigenvalue weighted by molar-refractivity contribution is -0.118. The Hall–Kier alpha value is -4.05. The highest BCUT2D eigenvalue weighted by molar-refractivity contribution is 7.99. The van der Waals surface area contributed by atoms with Gasteiger partial charge in [0, 0.05) is 17.4 Å². The number of nitrogens with one attached hydrogen (secondary N) is 2. The highest BCUT2D eigenvalue weighted by Gasteiger charge is 2.20. The second-order valence-corrected chi connectivity index (χ2v) is 7.69. The van der Waals surface area contributed by atoms with Gasteiger partial charge in [0.25, 0.3) is 5.91 Å². The first-order valence-corrected chi connectivity index (χ1v) is 10.8. The van der Waals surface area contributed by atoms with Crippen LogP contribution in [-0.2, 0) is 4.79 Å². The third kappa shape index (κ3) is 4.21. The van der Waals surface area contributed by atoms with Crippen LogP contribution in [0.2, 0.25) is 0 Å². The van der Waals surface area contributed by atoms with Gasteiger partial charge in [-0.2, -0.15) is 5.10 Å². The molecular weight excluding hydrogens is 428 g/mol. The number of aromatic amines is 1.